The highest BCUT2D eigenvalue weighted by atomic mass is 32.1. The number of hydrogen-bond donors (Lipinski definition) is 0. The average Bonchev–Trinajstić information content (AvgIpc) is 2.88. The van der Waals surface area contributed by atoms with Crippen LogP contribution in [0.4, 0.5) is 5.69 Å². The van der Waals surface area contributed by atoms with Gasteiger partial charge in [0, 0.05) is 11.8 Å². The molecule has 1 heterocycles. The van der Waals surface area contributed by atoms with Crippen LogP contribution in [0.5, 0.6) is 0 Å². The van der Waals surface area contributed by atoms with Crippen molar-refractivity contribution in [1.82, 2.24) is 4.98 Å². The molecule has 0 spiro atoms. The molecule has 3 rings (SSSR count). The van der Waals surface area contributed by atoms with Crippen molar-refractivity contribution < 1.29 is 0 Å². The van der Waals surface area contributed by atoms with Crippen LogP contribution >= 0.6 is 11.3 Å². The molecule has 1 aromatic heterocycles. The Morgan fingerprint density at radius 1 is 1.10 bits per heavy atom. The average molecular weight is 294 g/mol. The fraction of sp³-hybridized carbons (Fsp3) is 0.222. The lowest BCUT2D eigenvalue weighted by Crippen LogP contribution is -1.85. The summed E-state index contributed by atoms with van der Waals surface area (Å²) in [5.74, 6) is 0.470. The normalized spacial score (nSPS) is 11.8. The van der Waals surface area contributed by atoms with E-state index in [1.54, 1.807) is 11.3 Å². The third kappa shape index (κ3) is 3.19. The maximum Gasteiger partial charge on any atom is 0.124 e. The molecule has 3 aromatic rings. The standard InChI is InChI=1S/C18H18N2S/c1-12(2)11-19-15-7-5-14(6-8-15)18-20-16-9-4-13(3)10-17(16)21-18/h4-12H,1-3H3. The fourth-order valence-electron chi connectivity index (χ4n) is 2.08. The zero-order valence-corrected chi connectivity index (χ0v) is 13.3. The highest BCUT2D eigenvalue weighted by Gasteiger charge is 2.06. The van der Waals surface area contributed by atoms with Crippen LogP contribution in [-0.2, 0) is 0 Å². The molecule has 0 radical (unpaired) electrons. The van der Waals surface area contributed by atoms with Gasteiger partial charge in [-0.25, -0.2) is 4.98 Å². The zero-order valence-electron chi connectivity index (χ0n) is 12.5. The van der Waals surface area contributed by atoms with E-state index >= 15 is 0 Å². The molecule has 21 heavy (non-hydrogen) atoms. The van der Waals surface area contributed by atoms with Gasteiger partial charge >= 0.3 is 0 Å². The first kappa shape index (κ1) is 14.0. The van der Waals surface area contributed by atoms with Gasteiger partial charge in [-0.1, -0.05) is 19.9 Å². The van der Waals surface area contributed by atoms with Gasteiger partial charge in [0.15, 0.2) is 0 Å². The van der Waals surface area contributed by atoms with Crippen molar-refractivity contribution >= 4 is 33.5 Å². The van der Waals surface area contributed by atoms with Crippen molar-refractivity contribution in [3.05, 3.63) is 48.0 Å². The van der Waals surface area contributed by atoms with Gasteiger partial charge in [-0.15, -0.1) is 11.3 Å². The van der Waals surface area contributed by atoms with E-state index in [2.05, 4.69) is 56.1 Å². The molecule has 0 N–H and O–H groups in total. The topological polar surface area (TPSA) is 25.2 Å². The van der Waals surface area contributed by atoms with Crippen LogP contribution in [0.1, 0.15) is 19.4 Å². The van der Waals surface area contributed by atoms with Gasteiger partial charge in [-0.2, -0.15) is 0 Å². The Bertz CT molecular complexity index is 783. The molecule has 0 fully saturated rings. The van der Waals surface area contributed by atoms with E-state index in [0.29, 0.717) is 5.92 Å². The first-order valence-electron chi connectivity index (χ1n) is 7.13. The summed E-state index contributed by atoms with van der Waals surface area (Å²) in [6.45, 7) is 6.36. The molecule has 0 bridgehead atoms. The first-order chi connectivity index (χ1) is 10.1. The predicted octanol–water partition coefficient (Wildman–Crippen LogP) is 5.63. The van der Waals surface area contributed by atoms with Crippen LogP contribution in [0.15, 0.2) is 47.5 Å². The molecule has 0 aliphatic heterocycles. The molecule has 0 unspecified atom stereocenters. The van der Waals surface area contributed by atoms with E-state index in [4.69, 9.17) is 4.98 Å². The highest BCUT2D eigenvalue weighted by Crippen LogP contribution is 2.31. The lowest BCUT2D eigenvalue weighted by molar-refractivity contribution is 0.907. The highest BCUT2D eigenvalue weighted by molar-refractivity contribution is 7.21. The Morgan fingerprint density at radius 3 is 2.57 bits per heavy atom. The predicted molar refractivity (Wildman–Crippen MR) is 92.8 cm³/mol. The smallest absolute Gasteiger partial charge is 0.124 e. The summed E-state index contributed by atoms with van der Waals surface area (Å²) in [5, 5.41) is 1.06. The number of rotatable bonds is 3. The number of aromatic nitrogens is 1. The van der Waals surface area contributed by atoms with Crippen molar-refractivity contribution in [2.45, 2.75) is 20.8 Å². The van der Waals surface area contributed by atoms with Crippen molar-refractivity contribution in [3.8, 4) is 10.6 Å². The van der Waals surface area contributed by atoms with E-state index in [0.717, 1.165) is 21.8 Å². The summed E-state index contributed by atoms with van der Waals surface area (Å²) in [7, 11) is 0. The molecule has 0 aliphatic rings. The van der Waals surface area contributed by atoms with Crippen LogP contribution in [0.25, 0.3) is 20.8 Å². The Morgan fingerprint density at radius 2 is 1.86 bits per heavy atom. The number of aliphatic imine (C=N–C) groups is 1. The molecular weight excluding hydrogens is 276 g/mol. The molecule has 2 nitrogen and oxygen atoms in total. The van der Waals surface area contributed by atoms with Crippen molar-refractivity contribution in [2.24, 2.45) is 10.9 Å². The number of fused-ring (bicyclic) bond motifs is 1. The lowest BCUT2D eigenvalue weighted by atomic mass is 10.2. The molecule has 0 aliphatic carbocycles. The monoisotopic (exact) mass is 294 g/mol. The fourth-order valence-corrected chi connectivity index (χ4v) is 3.15. The summed E-state index contributed by atoms with van der Waals surface area (Å²) in [5.41, 5.74) is 4.49. The second kappa shape index (κ2) is 5.78. The van der Waals surface area contributed by atoms with Crippen molar-refractivity contribution in [2.75, 3.05) is 0 Å². The van der Waals surface area contributed by atoms with E-state index in [9.17, 15) is 0 Å². The molecule has 106 valence electrons. The summed E-state index contributed by atoms with van der Waals surface area (Å²) in [6.07, 6.45) is 1.97. The van der Waals surface area contributed by atoms with Gasteiger partial charge in [0.1, 0.15) is 5.01 Å². The van der Waals surface area contributed by atoms with E-state index < -0.39 is 0 Å². The number of benzene rings is 2. The molecule has 3 heteroatoms. The summed E-state index contributed by atoms with van der Waals surface area (Å²) in [4.78, 5) is 9.16. The Kier molecular flexibility index (Phi) is 3.84. The summed E-state index contributed by atoms with van der Waals surface area (Å²) < 4.78 is 1.24. The maximum absolute atomic E-state index is 4.71. The van der Waals surface area contributed by atoms with Crippen LogP contribution in [-0.4, -0.2) is 11.2 Å². The van der Waals surface area contributed by atoms with Gasteiger partial charge in [0.25, 0.3) is 0 Å². The SMILES string of the molecule is Cc1ccc2nc(-c3ccc(N=CC(C)C)cc3)sc2c1. The molecule has 0 atom stereocenters. The number of hydrogen-bond acceptors (Lipinski definition) is 3. The van der Waals surface area contributed by atoms with E-state index in [1.807, 2.05) is 18.3 Å². The number of nitrogens with zero attached hydrogens (tertiary/aromatic N) is 2. The number of aryl methyl sites for hydroxylation is 1. The van der Waals surface area contributed by atoms with E-state index in [1.165, 1.54) is 10.3 Å². The Labute approximate surface area is 129 Å². The molecule has 0 saturated carbocycles. The van der Waals surface area contributed by atoms with Crippen LogP contribution in [0.2, 0.25) is 0 Å². The molecule has 2 aromatic carbocycles. The minimum absolute atomic E-state index is 0.470. The largest absolute Gasteiger partial charge is 0.261 e. The molecule has 0 amide bonds. The van der Waals surface area contributed by atoms with E-state index in [-0.39, 0.29) is 0 Å². The van der Waals surface area contributed by atoms with Crippen LogP contribution < -0.4 is 0 Å². The minimum Gasteiger partial charge on any atom is -0.261 e. The third-order valence-corrected chi connectivity index (χ3v) is 4.25. The summed E-state index contributed by atoms with van der Waals surface area (Å²) >= 11 is 1.74. The quantitative estimate of drug-likeness (QED) is 0.575. The van der Waals surface area contributed by atoms with Crippen molar-refractivity contribution in [1.29, 1.82) is 0 Å². The minimum atomic E-state index is 0.470. The van der Waals surface area contributed by atoms with Crippen LogP contribution in [0, 0.1) is 12.8 Å². The third-order valence-electron chi connectivity index (χ3n) is 3.18. The van der Waals surface area contributed by atoms with Gasteiger partial charge in [0.05, 0.1) is 15.9 Å². The van der Waals surface area contributed by atoms with Gasteiger partial charge in [-0.3, -0.25) is 4.99 Å². The number of thiazole rings is 1. The lowest BCUT2D eigenvalue weighted by Gasteiger charge is -1.98. The second-order valence-electron chi connectivity index (χ2n) is 5.56. The summed E-state index contributed by atoms with van der Waals surface area (Å²) in [6, 6.07) is 14.7. The van der Waals surface area contributed by atoms with Gasteiger partial charge in [0.2, 0.25) is 0 Å². The zero-order chi connectivity index (χ0) is 14.8. The maximum atomic E-state index is 4.71. The Hall–Kier alpha value is -2.00. The van der Waals surface area contributed by atoms with Crippen molar-refractivity contribution in [3.63, 3.8) is 0 Å². The second-order valence-corrected chi connectivity index (χ2v) is 6.59. The van der Waals surface area contributed by atoms with Gasteiger partial charge < -0.3 is 0 Å². The molecule has 0 saturated heterocycles. The van der Waals surface area contributed by atoms with Crippen LogP contribution in [0.3, 0.4) is 0 Å². The Balaban J connectivity index is 1.91. The van der Waals surface area contributed by atoms with Gasteiger partial charge in [-0.05, 0) is 54.8 Å². The first-order valence-corrected chi connectivity index (χ1v) is 7.95. The molecular formula is C18H18N2S.